The summed E-state index contributed by atoms with van der Waals surface area (Å²) in [6.07, 6.45) is -1.18. The number of nitrogens with one attached hydrogen (secondary N) is 1. The van der Waals surface area contributed by atoms with Crippen molar-refractivity contribution < 1.29 is 27.9 Å². The molecule has 2 aromatic rings. The van der Waals surface area contributed by atoms with E-state index in [0.29, 0.717) is 5.56 Å². The lowest BCUT2D eigenvalue weighted by Gasteiger charge is -2.18. The van der Waals surface area contributed by atoms with Gasteiger partial charge in [0.05, 0.1) is 11.6 Å². The zero-order chi connectivity index (χ0) is 21.0. The molecule has 1 heterocycles. The topological polar surface area (TPSA) is 75.7 Å². The molecule has 0 unspecified atom stereocenters. The van der Waals surface area contributed by atoms with E-state index in [4.69, 9.17) is 4.74 Å². The van der Waals surface area contributed by atoms with Crippen LogP contribution in [-0.4, -0.2) is 30.4 Å². The highest BCUT2D eigenvalue weighted by molar-refractivity contribution is 5.99. The minimum absolute atomic E-state index is 0.0114. The quantitative estimate of drug-likeness (QED) is 0.754. The van der Waals surface area contributed by atoms with Gasteiger partial charge in [-0.25, -0.2) is 8.78 Å². The molecule has 152 valence electrons. The number of para-hydroxylation sites is 1. The van der Waals surface area contributed by atoms with Gasteiger partial charge >= 0.3 is 5.97 Å². The van der Waals surface area contributed by atoms with Crippen LogP contribution in [0, 0.1) is 17.6 Å². The zero-order valence-corrected chi connectivity index (χ0v) is 15.7. The first-order valence-corrected chi connectivity index (χ1v) is 9.12. The van der Waals surface area contributed by atoms with E-state index < -0.39 is 29.7 Å². The molecular formula is C21H20F2N2O4. The molecule has 0 spiro atoms. The first kappa shape index (κ1) is 20.4. The fourth-order valence-corrected chi connectivity index (χ4v) is 3.03. The van der Waals surface area contributed by atoms with E-state index in [2.05, 4.69) is 5.32 Å². The molecular weight excluding hydrogens is 382 g/mol. The second-order valence-electron chi connectivity index (χ2n) is 6.78. The maximum Gasteiger partial charge on any atom is 0.312 e. The second-order valence-corrected chi connectivity index (χ2v) is 6.78. The van der Waals surface area contributed by atoms with E-state index in [1.807, 2.05) is 0 Å². The van der Waals surface area contributed by atoms with Crippen molar-refractivity contribution in [3.8, 4) is 0 Å². The summed E-state index contributed by atoms with van der Waals surface area (Å²) in [6, 6.07) is 11.4. The molecule has 1 saturated heterocycles. The van der Waals surface area contributed by atoms with Crippen LogP contribution in [0.4, 0.5) is 14.5 Å². The van der Waals surface area contributed by atoms with Gasteiger partial charge in [-0.3, -0.25) is 14.4 Å². The number of halogens is 2. The van der Waals surface area contributed by atoms with Crippen LogP contribution < -0.4 is 10.2 Å². The number of amides is 2. The Morgan fingerprint density at radius 1 is 1.17 bits per heavy atom. The Morgan fingerprint density at radius 3 is 2.55 bits per heavy atom. The molecule has 8 heteroatoms. The molecule has 2 amide bonds. The summed E-state index contributed by atoms with van der Waals surface area (Å²) in [4.78, 5) is 37.9. The van der Waals surface area contributed by atoms with E-state index in [-0.39, 0.29) is 36.9 Å². The molecule has 6 nitrogen and oxygen atoms in total. The summed E-state index contributed by atoms with van der Waals surface area (Å²) >= 11 is 0. The van der Waals surface area contributed by atoms with Gasteiger partial charge in [-0.15, -0.1) is 0 Å². The third-order valence-corrected chi connectivity index (χ3v) is 4.64. The smallest absolute Gasteiger partial charge is 0.312 e. The fourth-order valence-electron chi connectivity index (χ4n) is 3.03. The van der Waals surface area contributed by atoms with Crippen molar-refractivity contribution >= 4 is 23.5 Å². The van der Waals surface area contributed by atoms with Gasteiger partial charge in [0.25, 0.3) is 5.91 Å². The number of benzene rings is 2. The fraction of sp³-hybridized carbons (Fsp3) is 0.286. The summed E-state index contributed by atoms with van der Waals surface area (Å²) in [5, 5.41) is 2.60. The number of nitrogens with zero attached hydrogens (tertiary/aromatic N) is 1. The highest BCUT2D eigenvalue weighted by atomic mass is 19.1. The van der Waals surface area contributed by atoms with Crippen LogP contribution in [0.25, 0.3) is 0 Å². The number of rotatable bonds is 6. The van der Waals surface area contributed by atoms with E-state index in [1.165, 1.54) is 54.3 Å². The lowest BCUT2D eigenvalue weighted by molar-refractivity contribution is -0.158. The summed E-state index contributed by atoms with van der Waals surface area (Å²) in [7, 11) is 0. The molecule has 0 aromatic heterocycles. The molecule has 0 saturated carbocycles. The first-order valence-electron chi connectivity index (χ1n) is 9.12. The minimum Gasteiger partial charge on any atom is -0.452 e. The van der Waals surface area contributed by atoms with Crippen LogP contribution in [0.2, 0.25) is 0 Å². The summed E-state index contributed by atoms with van der Waals surface area (Å²) in [5.41, 5.74) is 0.804. The molecule has 1 N–H and O–H groups in total. The standard InChI is InChI=1S/C21H20F2N2O4/c1-13(20(27)24-11-14-6-8-16(22)9-7-14)29-21(28)15-10-19(26)25(12-15)18-5-3-2-4-17(18)23/h2-9,13,15H,10-12H2,1H3,(H,24,27)/t13-,15+/m0/s1. The predicted octanol–water partition coefficient (Wildman–Crippen LogP) is 2.57. The zero-order valence-electron chi connectivity index (χ0n) is 15.7. The Morgan fingerprint density at radius 2 is 1.86 bits per heavy atom. The summed E-state index contributed by atoms with van der Waals surface area (Å²) in [6.45, 7) is 1.57. The van der Waals surface area contributed by atoms with Crippen molar-refractivity contribution in [2.24, 2.45) is 5.92 Å². The van der Waals surface area contributed by atoms with Gasteiger partial charge in [0.15, 0.2) is 6.10 Å². The van der Waals surface area contributed by atoms with Crippen molar-refractivity contribution in [2.45, 2.75) is 26.0 Å². The Bertz CT molecular complexity index is 917. The van der Waals surface area contributed by atoms with E-state index in [9.17, 15) is 23.2 Å². The van der Waals surface area contributed by atoms with Gasteiger partial charge in [-0.1, -0.05) is 24.3 Å². The second kappa shape index (κ2) is 8.81. The van der Waals surface area contributed by atoms with Crippen LogP contribution in [-0.2, 0) is 25.7 Å². The maximum atomic E-state index is 13.9. The summed E-state index contributed by atoms with van der Waals surface area (Å²) in [5.74, 6) is -3.30. The number of esters is 1. The molecule has 1 aliphatic rings. The number of ether oxygens (including phenoxy) is 1. The van der Waals surface area contributed by atoms with Gasteiger partial charge in [0.2, 0.25) is 5.91 Å². The van der Waals surface area contributed by atoms with Gasteiger partial charge in [0.1, 0.15) is 11.6 Å². The van der Waals surface area contributed by atoms with Crippen LogP contribution in [0.5, 0.6) is 0 Å². The predicted molar refractivity (Wildman–Crippen MR) is 101 cm³/mol. The average Bonchev–Trinajstić information content (AvgIpc) is 3.09. The number of hydrogen-bond donors (Lipinski definition) is 1. The molecule has 2 atom stereocenters. The van der Waals surface area contributed by atoms with Crippen LogP contribution in [0.1, 0.15) is 18.9 Å². The van der Waals surface area contributed by atoms with Crippen molar-refractivity contribution in [1.29, 1.82) is 0 Å². The van der Waals surface area contributed by atoms with Gasteiger partial charge < -0.3 is 15.0 Å². The Labute approximate surface area is 166 Å². The highest BCUT2D eigenvalue weighted by Crippen LogP contribution is 2.28. The Kier molecular flexibility index (Phi) is 6.21. The monoisotopic (exact) mass is 402 g/mol. The Balaban J connectivity index is 1.53. The number of anilines is 1. The third kappa shape index (κ3) is 4.96. The van der Waals surface area contributed by atoms with Crippen molar-refractivity contribution in [2.75, 3.05) is 11.4 Å². The molecule has 1 fully saturated rings. The van der Waals surface area contributed by atoms with E-state index in [1.54, 1.807) is 6.07 Å². The lowest BCUT2D eigenvalue weighted by Crippen LogP contribution is -2.37. The molecule has 3 rings (SSSR count). The number of hydrogen-bond acceptors (Lipinski definition) is 4. The lowest BCUT2D eigenvalue weighted by atomic mass is 10.1. The van der Waals surface area contributed by atoms with Crippen LogP contribution in [0.15, 0.2) is 48.5 Å². The van der Waals surface area contributed by atoms with Crippen molar-refractivity contribution in [3.05, 3.63) is 65.7 Å². The number of carbonyl (C=O) groups is 3. The minimum atomic E-state index is -1.07. The van der Waals surface area contributed by atoms with Gasteiger partial charge in [0, 0.05) is 19.5 Å². The van der Waals surface area contributed by atoms with Gasteiger partial charge in [-0.2, -0.15) is 0 Å². The maximum absolute atomic E-state index is 13.9. The SMILES string of the molecule is C[C@H](OC(=O)[C@@H]1CC(=O)N(c2ccccc2F)C1)C(=O)NCc1ccc(F)cc1. The largest absolute Gasteiger partial charge is 0.452 e. The normalized spacial score (nSPS) is 17.1. The highest BCUT2D eigenvalue weighted by Gasteiger charge is 2.38. The van der Waals surface area contributed by atoms with Crippen molar-refractivity contribution in [3.63, 3.8) is 0 Å². The van der Waals surface area contributed by atoms with Crippen LogP contribution >= 0.6 is 0 Å². The molecule has 2 aromatic carbocycles. The molecule has 0 radical (unpaired) electrons. The third-order valence-electron chi connectivity index (χ3n) is 4.64. The van der Waals surface area contributed by atoms with Crippen molar-refractivity contribution in [1.82, 2.24) is 5.32 Å². The van der Waals surface area contributed by atoms with E-state index >= 15 is 0 Å². The molecule has 0 aliphatic carbocycles. The Hall–Kier alpha value is -3.29. The first-order chi connectivity index (χ1) is 13.8. The number of carbonyl (C=O) groups excluding carboxylic acids is 3. The van der Waals surface area contributed by atoms with Gasteiger partial charge in [-0.05, 0) is 36.8 Å². The summed E-state index contributed by atoms with van der Waals surface area (Å²) < 4.78 is 32.0. The molecule has 29 heavy (non-hydrogen) atoms. The molecule has 1 aliphatic heterocycles. The van der Waals surface area contributed by atoms with E-state index in [0.717, 1.165) is 0 Å². The molecule has 0 bridgehead atoms. The average molecular weight is 402 g/mol. The van der Waals surface area contributed by atoms with Crippen LogP contribution in [0.3, 0.4) is 0 Å².